The minimum absolute atomic E-state index is 0.146. The van der Waals surface area contributed by atoms with Crippen molar-refractivity contribution in [2.45, 2.75) is 77.4 Å². The van der Waals surface area contributed by atoms with Gasteiger partial charge in [0.1, 0.15) is 5.78 Å². The summed E-state index contributed by atoms with van der Waals surface area (Å²) in [6.07, 6.45) is 9.36. The van der Waals surface area contributed by atoms with Crippen molar-refractivity contribution < 1.29 is 9.53 Å². The number of carbonyl (C=O) groups is 1. The third-order valence-electron chi connectivity index (χ3n) is 5.33. The zero-order valence-electron chi connectivity index (χ0n) is 13.9. The quantitative estimate of drug-likeness (QED) is 0.784. The Bertz CT molecular complexity index is 535. The van der Waals surface area contributed by atoms with Crippen LogP contribution in [0.15, 0.2) is 18.2 Å². The first-order valence-corrected chi connectivity index (χ1v) is 8.90. The summed E-state index contributed by atoms with van der Waals surface area (Å²) >= 11 is 0. The third-order valence-corrected chi connectivity index (χ3v) is 5.33. The van der Waals surface area contributed by atoms with Gasteiger partial charge in [-0.3, -0.25) is 4.79 Å². The van der Waals surface area contributed by atoms with E-state index in [0.717, 1.165) is 19.3 Å². The highest BCUT2D eigenvalue weighted by atomic mass is 16.5. The van der Waals surface area contributed by atoms with Crippen LogP contribution in [0.3, 0.4) is 0 Å². The van der Waals surface area contributed by atoms with Gasteiger partial charge in [0.15, 0.2) is 0 Å². The van der Waals surface area contributed by atoms with Crippen molar-refractivity contribution in [3.05, 3.63) is 34.9 Å². The van der Waals surface area contributed by atoms with Gasteiger partial charge >= 0.3 is 0 Å². The van der Waals surface area contributed by atoms with Gasteiger partial charge in [0.2, 0.25) is 0 Å². The van der Waals surface area contributed by atoms with E-state index in [1.165, 1.54) is 42.4 Å². The molecule has 120 valence electrons. The van der Waals surface area contributed by atoms with Gasteiger partial charge in [-0.25, -0.2) is 0 Å². The minimum Gasteiger partial charge on any atom is -0.375 e. The van der Waals surface area contributed by atoms with Crippen molar-refractivity contribution >= 4 is 5.78 Å². The predicted octanol–water partition coefficient (Wildman–Crippen LogP) is 4.27. The summed E-state index contributed by atoms with van der Waals surface area (Å²) in [5.41, 5.74) is 4.14. The van der Waals surface area contributed by atoms with E-state index in [1.807, 2.05) is 0 Å². The maximum absolute atomic E-state index is 12.4. The van der Waals surface area contributed by atoms with E-state index in [2.05, 4.69) is 32.0 Å². The van der Waals surface area contributed by atoms with Crippen molar-refractivity contribution in [2.75, 3.05) is 0 Å². The summed E-state index contributed by atoms with van der Waals surface area (Å²) < 4.78 is 5.85. The predicted molar refractivity (Wildman–Crippen MR) is 89.1 cm³/mol. The Balaban J connectivity index is 1.48. The van der Waals surface area contributed by atoms with Gasteiger partial charge in [-0.2, -0.15) is 0 Å². The molecule has 1 heterocycles. The van der Waals surface area contributed by atoms with Crippen LogP contribution in [0.2, 0.25) is 0 Å². The summed E-state index contributed by atoms with van der Waals surface area (Å²) in [6, 6.07) is 6.63. The zero-order chi connectivity index (χ0) is 15.5. The zero-order valence-corrected chi connectivity index (χ0v) is 13.9. The second-order valence-corrected chi connectivity index (χ2v) is 7.22. The maximum atomic E-state index is 12.4. The summed E-state index contributed by atoms with van der Waals surface area (Å²) in [5, 5.41) is 0. The van der Waals surface area contributed by atoms with Gasteiger partial charge in [0.25, 0.3) is 0 Å². The molecule has 22 heavy (non-hydrogen) atoms. The fourth-order valence-corrected chi connectivity index (χ4v) is 3.81. The van der Waals surface area contributed by atoms with E-state index < -0.39 is 0 Å². The first-order chi connectivity index (χ1) is 10.6. The van der Waals surface area contributed by atoms with Gasteiger partial charge in [0.05, 0.1) is 12.2 Å². The van der Waals surface area contributed by atoms with E-state index in [4.69, 9.17) is 4.74 Å². The molecule has 2 nitrogen and oxygen atoms in total. The van der Waals surface area contributed by atoms with Gasteiger partial charge in [0, 0.05) is 12.3 Å². The molecule has 2 heteroatoms. The number of rotatable bonds is 6. The van der Waals surface area contributed by atoms with Crippen molar-refractivity contribution in [1.29, 1.82) is 0 Å². The molecule has 0 amide bonds. The Hall–Kier alpha value is -1.15. The highest BCUT2D eigenvalue weighted by Gasteiger charge is 2.23. The van der Waals surface area contributed by atoms with Crippen molar-refractivity contribution in [3.63, 3.8) is 0 Å². The molecular formula is C20H28O2. The molecule has 1 fully saturated rings. The highest BCUT2D eigenvalue weighted by Crippen LogP contribution is 2.26. The third kappa shape index (κ3) is 3.78. The first-order valence-electron chi connectivity index (χ1n) is 8.90. The van der Waals surface area contributed by atoms with Gasteiger partial charge < -0.3 is 4.74 Å². The van der Waals surface area contributed by atoms with Crippen LogP contribution in [0.25, 0.3) is 0 Å². The van der Waals surface area contributed by atoms with Gasteiger partial charge in [-0.15, -0.1) is 0 Å². The van der Waals surface area contributed by atoms with Crippen molar-refractivity contribution in [3.8, 4) is 0 Å². The Morgan fingerprint density at radius 2 is 2.09 bits per heavy atom. The van der Waals surface area contributed by atoms with Crippen LogP contribution in [0.4, 0.5) is 0 Å². The molecule has 0 N–H and O–H groups in total. The van der Waals surface area contributed by atoms with Crippen LogP contribution < -0.4 is 0 Å². The van der Waals surface area contributed by atoms with Gasteiger partial charge in [-0.05, 0) is 68.6 Å². The molecule has 1 aromatic carbocycles. The molecule has 0 bridgehead atoms. The number of ether oxygens (including phenoxy) is 1. The molecule has 1 aliphatic carbocycles. The Kier molecular flexibility index (Phi) is 4.97. The van der Waals surface area contributed by atoms with E-state index in [-0.39, 0.29) is 5.92 Å². The fraction of sp³-hybridized carbons (Fsp3) is 0.650. The lowest BCUT2D eigenvalue weighted by molar-refractivity contribution is -0.122. The number of hydrogen-bond acceptors (Lipinski definition) is 2. The van der Waals surface area contributed by atoms with Crippen molar-refractivity contribution in [2.24, 2.45) is 5.92 Å². The molecule has 0 saturated carbocycles. The van der Waals surface area contributed by atoms with Crippen molar-refractivity contribution in [1.82, 2.24) is 0 Å². The minimum atomic E-state index is 0.146. The van der Waals surface area contributed by atoms with E-state index in [9.17, 15) is 4.79 Å². The Labute approximate surface area is 134 Å². The molecular weight excluding hydrogens is 272 g/mol. The molecule has 0 aromatic heterocycles. The van der Waals surface area contributed by atoms with E-state index >= 15 is 0 Å². The SMILES string of the molecule is CC1CCC(CCC(C)C(=O)Cc2ccc3c(c2)CCC3)O1. The molecule has 2 aliphatic rings. The van der Waals surface area contributed by atoms with Gasteiger partial charge in [-0.1, -0.05) is 25.1 Å². The lowest BCUT2D eigenvalue weighted by atomic mass is 9.93. The molecule has 1 aromatic rings. The average Bonchev–Trinajstić information content (AvgIpc) is 3.12. The number of fused-ring (bicyclic) bond motifs is 1. The fourth-order valence-electron chi connectivity index (χ4n) is 3.81. The molecule has 3 unspecified atom stereocenters. The molecule has 1 aliphatic heterocycles. The van der Waals surface area contributed by atoms with Crippen LogP contribution >= 0.6 is 0 Å². The maximum Gasteiger partial charge on any atom is 0.140 e. The Morgan fingerprint density at radius 3 is 2.86 bits per heavy atom. The van der Waals surface area contributed by atoms with Crippen LogP contribution in [0, 0.1) is 5.92 Å². The Morgan fingerprint density at radius 1 is 1.27 bits per heavy atom. The highest BCUT2D eigenvalue weighted by molar-refractivity contribution is 5.83. The summed E-state index contributed by atoms with van der Waals surface area (Å²) in [4.78, 5) is 12.4. The lowest BCUT2D eigenvalue weighted by Gasteiger charge is -2.15. The molecule has 3 atom stereocenters. The lowest BCUT2D eigenvalue weighted by Crippen LogP contribution is -2.17. The molecule has 1 saturated heterocycles. The average molecular weight is 300 g/mol. The second kappa shape index (κ2) is 6.95. The van der Waals surface area contributed by atoms with Crippen LogP contribution in [0.1, 0.15) is 62.6 Å². The number of hydrogen-bond donors (Lipinski definition) is 0. The number of carbonyl (C=O) groups excluding carboxylic acids is 1. The summed E-state index contributed by atoms with van der Waals surface area (Å²) in [5.74, 6) is 0.525. The van der Waals surface area contributed by atoms with E-state index in [1.54, 1.807) is 0 Å². The standard InChI is InChI=1S/C20H28O2/c1-14(6-10-19-11-7-15(2)22-19)20(21)13-16-8-9-17-4-3-5-18(17)12-16/h8-9,12,14-15,19H,3-7,10-11,13H2,1-2H3. The van der Waals surface area contributed by atoms with Crippen LogP contribution in [-0.2, 0) is 28.8 Å². The number of ketones is 1. The molecule has 0 radical (unpaired) electrons. The number of benzene rings is 1. The normalized spacial score (nSPS) is 25.2. The smallest absolute Gasteiger partial charge is 0.140 e. The molecule has 3 rings (SSSR count). The van der Waals surface area contributed by atoms with Crippen LogP contribution in [-0.4, -0.2) is 18.0 Å². The summed E-state index contributed by atoms with van der Waals surface area (Å²) in [6.45, 7) is 4.22. The molecule has 0 spiro atoms. The van der Waals surface area contributed by atoms with E-state index in [0.29, 0.717) is 24.4 Å². The monoisotopic (exact) mass is 300 g/mol. The summed E-state index contributed by atoms with van der Waals surface area (Å²) in [7, 11) is 0. The topological polar surface area (TPSA) is 26.3 Å². The number of aryl methyl sites for hydroxylation is 2. The second-order valence-electron chi connectivity index (χ2n) is 7.22. The first kappa shape index (κ1) is 15.7. The largest absolute Gasteiger partial charge is 0.375 e. The van der Waals surface area contributed by atoms with Crippen LogP contribution in [0.5, 0.6) is 0 Å². The number of Topliss-reactive ketones (excluding diaryl/α,β-unsaturated/α-hetero) is 1.